The van der Waals surface area contributed by atoms with Crippen molar-refractivity contribution in [1.82, 2.24) is 15.0 Å². The van der Waals surface area contributed by atoms with E-state index in [4.69, 9.17) is 16.7 Å². The summed E-state index contributed by atoms with van der Waals surface area (Å²) in [6, 6.07) is 2.96. The van der Waals surface area contributed by atoms with Gasteiger partial charge < -0.3 is 10.1 Å². The van der Waals surface area contributed by atoms with Crippen LogP contribution >= 0.6 is 11.6 Å². The Morgan fingerprint density at radius 3 is 2.92 bits per heavy atom. The Bertz CT molecular complexity index is 480. The standard InChI is InChI=1S/C7H4ClN3O2/c8-7-10-3-1-2-4(6(12)13)9-5(3)11-7/h1-2H,(H,12,13)(H,9,10,11). The maximum atomic E-state index is 10.5. The lowest BCUT2D eigenvalue weighted by Crippen LogP contribution is -1.99. The first-order valence-corrected chi connectivity index (χ1v) is 3.80. The summed E-state index contributed by atoms with van der Waals surface area (Å²) in [5.74, 6) is -1.08. The molecule has 6 heteroatoms. The monoisotopic (exact) mass is 197 g/mol. The van der Waals surface area contributed by atoms with Crippen LogP contribution < -0.4 is 0 Å². The Labute approximate surface area is 77.4 Å². The molecule has 0 aliphatic carbocycles. The molecule has 66 valence electrons. The van der Waals surface area contributed by atoms with Gasteiger partial charge in [0, 0.05) is 0 Å². The Hall–Kier alpha value is -1.62. The first-order chi connectivity index (χ1) is 6.16. The molecule has 5 nitrogen and oxygen atoms in total. The highest BCUT2D eigenvalue weighted by atomic mass is 35.5. The van der Waals surface area contributed by atoms with E-state index in [0.717, 1.165) is 0 Å². The first-order valence-electron chi connectivity index (χ1n) is 3.42. The molecule has 0 fully saturated rings. The van der Waals surface area contributed by atoms with E-state index in [1.807, 2.05) is 0 Å². The second-order valence-electron chi connectivity index (χ2n) is 2.40. The molecule has 2 heterocycles. The third-order valence-electron chi connectivity index (χ3n) is 1.54. The minimum absolute atomic E-state index is 0.0457. The number of halogens is 1. The van der Waals surface area contributed by atoms with Crippen molar-refractivity contribution < 1.29 is 9.90 Å². The number of aromatic nitrogens is 3. The van der Waals surface area contributed by atoms with Crippen molar-refractivity contribution in [2.45, 2.75) is 0 Å². The average Bonchev–Trinajstić information content (AvgIpc) is 2.42. The van der Waals surface area contributed by atoms with Crippen LogP contribution in [0.25, 0.3) is 11.2 Å². The Morgan fingerprint density at radius 1 is 1.46 bits per heavy atom. The highest BCUT2D eigenvalue weighted by Crippen LogP contribution is 2.12. The molecule has 2 N–H and O–H groups in total. The maximum absolute atomic E-state index is 10.5. The average molecular weight is 198 g/mol. The van der Waals surface area contributed by atoms with Crippen LogP contribution in [0.5, 0.6) is 0 Å². The number of H-pyrrole nitrogens is 1. The van der Waals surface area contributed by atoms with Gasteiger partial charge in [0.2, 0.25) is 5.28 Å². The predicted molar refractivity (Wildman–Crippen MR) is 45.9 cm³/mol. The summed E-state index contributed by atoms with van der Waals surface area (Å²) >= 11 is 5.56. The number of aromatic amines is 1. The van der Waals surface area contributed by atoms with Crippen LogP contribution in [0, 0.1) is 0 Å². The Balaban J connectivity index is 2.67. The lowest BCUT2D eigenvalue weighted by molar-refractivity contribution is 0.0691. The van der Waals surface area contributed by atoms with E-state index in [2.05, 4.69) is 15.0 Å². The van der Waals surface area contributed by atoms with Crippen molar-refractivity contribution in [3.8, 4) is 0 Å². The zero-order valence-corrected chi connectivity index (χ0v) is 7.04. The van der Waals surface area contributed by atoms with E-state index in [1.165, 1.54) is 6.07 Å². The number of rotatable bonds is 1. The fourth-order valence-corrected chi connectivity index (χ4v) is 1.16. The number of imidazole rings is 1. The van der Waals surface area contributed by atoms with Gasteiger partial charge in [-0.05, 0) is 23.7 Å². The number of carboxylic acid groups (broad SMARTS) is 1. The van der Waals surface area contributed by atoms with Crippen LogP contribution in [0.3, 0.4) is 0 Å². The summed E-state index contributed by atoms with van der Waals surface area (Å²) in [5, 5.41) is 8.82. The van der Waals surface area contributed by atoms with Crippen LogP contribution in [-0.2, 0) is 0 Å². The van der Waals surface area contributed by atoms with E-state index in [1.54, 1.807) is 6.07 Å². The molecule has 13 heavy (non-hydrogen) atoms. The first kappa shape index (κ1) is 8.00. The fraction of sp³-hybridized carbons (Fsp3) is 0. The molecular formula is C7H4ClN3O2. The molecule has 0 aliphatic rings. The second-order valence-corrected chi connectivity index (χ2v) is 2.76. The molecule has 0 unspecified atom stereocenters. The fourth-order valence-electron chi connectivity index (χ4n) is 0.982. The SMILES string of the molecule is O=C(O)c1ccc2[nH]c(Cl)nc2n1. The van der Waals surface area contributed by atoms with E-state index in [9.17, 15) is 4.79 Å². The van der Waals surface area contributed by atoms with Crippen molar-refractivity contribution in [3.63, 3.8) is 0 Å². The Kier molecular flexibility index (Phi) is 1.66. The van der Waals surface area contributed by atoms with Crippen molar-refractivity contribution in [1.29, 1.82) is 0 Å². The van der Waals surface area contributed by atoms with Gasteiger partial charge in [-0.3, -0.25) is 0 Å². The van der Waals surface area contributed by atoms with Crippen molar-refractivity contribution in [2.24, 2.45) is 0 Å². The Morgan fingerprint density at radius 2 is 2.23 bits per heavy atom. The van der Waals surface area contributed by atoms with Gasteiger partial charge in [-0.25, -0.2) is 9.78 Å². The number of hydrogen-bond donors (Lipinski definition) is 2. The number of hydrogen-bond acceptors (Lipinski definition) is 3. The summed E-state index contributed by atoms with van der Waals surface area (Å²) < 4.78 is 0. The number of aromatic carboxylic acids is 1. The number of fused-ring (bicyclic) bond motifs is 1. The van der Waals surface area contributed by atoms with Gasteiger partial charge in [0.1, 0.15) is 0 Å². The molecule has 0 amide bonds. The van der Waals surface area contributed by atoms with Crippen LogP contribution in [0.4, 0.5) is 0 Å². The highest BCUT2D eigenvalue weighted by molar-refractivity contribution is 6.29. The van der Waals surface area contributed by atoms with E-state index in [0.29, 0.717) is 11.2 Å². The zero-order valence-electron chi connectivity index (χ0n) is 6.28. The lowest BCUT2D eigenvalue weighted by Gasteiger charge is -1.91. The number of carboxylic acids is 1. The number of carbonyl (C=O) groups is 1. The van der Waals surface area contributed by atoms with Crippen LogP contribution in [-0.4, -0.2) is 26.0 Å². The smallest absolute Gasteiger partial charge is 0.354 e. The minimum atomic E-state index is -1.08. The molecule has 2 aromatic rings. The molecule has 0 atom stereocenters. The predicted octanol–water partition coefficient (Wildman–Crippen LogP) is 1.31. The summed E-state index contributed by atoms with van der Waals surface area (Å²) in [6.07, 6.45) is 0. The maximum Gasteiger partial charge on any atom is 0.354 e. The van der Waals surface area contributed by atoms with E-state index >= 15 is 0 Å². The van der Waals surface area contributed by atoms with Crippen LogP contribution in [0.15, 0.2) is 12.1 Å². The molecule has 2 aromatic heterocycles. The largest absolute Gasteiger partial charge is 0.477 e. The van der Waals surface area contributed by atoms with E-state index < -0.39 is 5.97 Å². The minimum Gasteiger partial charge on any atom is -0.477 e. The van der Waals surface area contributed by atoms with Crippen molar-refractivity contribution in [3.05, 3.63) is 23.1 Å². The molecule has 0 saturated carbocycles. The van der Waals surface area contributed by atoms with Gasteiger partial charge in [-0.1, -0.05) is 0 Å². The van der Waals surface area contributed by atoms with E-state index in [-0.39, 0.29) is 11.0 Å². The third kappa shape index (κ3) is 1.33. The summed E-state index contributed by atoms with van der Waals surface area (Å²) in [7, 11) is 0. The third-order valence-corrected chi connectivity index (χ3v) is 1.72. The molecule has 2 rings (SSSR count). The number of pyridine rings is 1. The summed E-state index contributed by atoms with van der Waals surface area (Å²) in [5.41, 5.74) is 0.885. The highest BCUT2D eigenvalue weighted by Gasteiger charge is 2.07. The summed E-state index contributed by atoms with van der Waals surface area (Å²) in [4.78, 5) is 20.8. The van der Waals surface area contributed by atoms with Gasteiger partial charge in [0.25, 0.3) is 0 Å². The normalized spacial score (nSPS) is 10.5. The molecular weight excluding hydrogens is 194 g/mol. The molecule has 0 saturated heterocycles. The van der Waals surface area contributed by atoms with Gasteiger partial charge in [0.15, 0.2) is 11.3 Å². The molecule has 0 radical (unpaired) electrons. The van der Waals surface area contributed by atoms with Crippen LogP contribution in [0.2, 0.25) is 5.28 Å². The van der Waals surface area contributed by atoms with Crippen molar-refractivity contribution in [2.75, 3.05) is 0 Å². The molecule has 0 aromatic carbocycles. The van der Waals surface area contributed by atoms with Gasteiger partial charge in [-0.15, -0.1) is 0 Å². The number of nitrogens with zero attached hydrogens (tertiary/aromatic N) is 2. The summed E-state index contributed by atoms with van der Waals surface area (Å²) in [6.45, 7) is 0. The lowest BCUT2D eigenvalue weighted by atomic mass is 10.3. The second kappa shape index (κ2) is 2.70. The molecule has 0 bridgehead atoms. The quantitative estimate of drug-likeness (QED) is 0.723. The van der Waals surface area contributed by atoms with Crippen molar-refractivity contribution >= 4 is 28.7 Å². The topological polar surface area (TPSA) is 78.9 Å². The molecule has 0 spiro atoms. The van der Waals surface area contributed by atoms with Gasteiger partial charge >= 0.3 is 5.97 Å². The van der Waals surface area contributed by atoms with Gasteiger partial charge in [0.05, 0.1) is 5.52 Å². The van der Waals surface area contributed by atoms with Gasteiger partial charge in [-0.2, -0.15) is 4.98 Å². The zero-order chi connectivity index (χ0) is 9.42. The molecule has 0 aliphatic heterocycles. The number of nitrogens with one attached hydrogen (secondary N) is 1. The van der Waals surface area contributed by atoms with Crippen LogP contribution in [0.1, 0.15) is 10.5 Å².